The lowest BCUT2D eigenvalue weighted by molar-refractivity contribution is 1.25. The first kappa shape index (κ1) is 21.2. The highest BCUT2D eigenvalue weighted by atomic mass is 79.9. The van der Waals surface area contributed by atoms with Gasteiger partial charge in [0.05, 0.1) is 17.1 Å². The van der Waals surface area contributed by atoms with Gasteiger partial charge in [0.2, 0.25) is 0 Å². The van der Waals surface area contributed by atoms with Crippen LogP contribution in [0.5, 0.6) is 0 Å². The number of halogens is 2. The third-order valence-corrected chi connectivity index (χ3v) is 7.00. The van der Waals surface area contributed by atoms with E-state index in [1.807, 2.05) is 18.2 Å². The van der Waals surface area contributed by atoms with Gasteiger partial charge in [0, 0.05) is 26.3 Å². The molecule has 34 heavy (non-hydrogen) atoms. The number of pyridine rings is 2. The van der Waals surface area contributed by atoms with Crippen LogP contribution in [0.4, 0.5) is 0 Å². The summed E-state index contributed by atoms with van der Waals surface area (Å²) in [6.45, 7) is 0. The van der Waals surface area contributed by atoms with Crippen molar-refractivity contribution < 1.29 is 0 Å². The lowest BCUT2D eigenvalue weighted by atomic mass is 9.95. The second kappa shape index (κ2) is 8.79. The Bertz CT molecular complexity index is 1680. The Balaban J connectivity index is 1.57. The summed E-state index contributed by atoms with van der Waals surface area (Å²) in [5, 5.41) is 4.77. The van der Waals surface area contributed by atoms with Gasteiger partial charge in [-0.3, -0.25) is 4.98 Å². The molecule has 0 spiro atoms. The molecular formula is C30H18Br2N2. The normalized spacial score (nSPS) is 11.2. The first-order valence-electron chi connectivity index (χ1n) is 11.0. The van der Waals surface area contributed by atoms with Crippen molar-refractivity contribution in [3.05, 3.63) is 118 Å². The SMILES string of the molecule is Brc1ccc2cc(-c3ccc(-c4ccccn4)nc3-c3ccc4cc(Br)ccc4c3)ccc2c1. The van der Waals surface area contributed by atoms with Crippen LogP contribution in [0.3, 0.4) is 0 Å². The molecule has 6 rings (SSSR count). The second-order valence-electron chi connectivity index (χ2n) is 8.22. The molecule has 0 fully saturated rings. The molecule has 2 aromatic heterocycles. The van der Waals surface area contributed by atoms with Crippen LogP contribution in [0.25, 0.3) is 55.3 Å². The van der Waals surface area contributed by atoms with Crippen molar-refractivity contribution in [1.82, 2.24) is 9.97 Å². The Morgan fingerprint density at radius 3 is 1.79 bits per heavy atom. The fourth-order valence-corrected chi connectivity index (χ4v) is 5.07. The minimum absolute atomic E-state index is 0.861. The van der Waals surface area contributed by atoms with Crippen LogP contribution >= 0.6 is 31.9 Å². The highest BCUT2D eigenvalue weighted by Crippen LogP contribution is 2.36. The Kier molecular flexibility index (Phi) is 5.48. The number of fused-ring (bicyclic) bond motifs is 2. The van der Waals surface area contributed by atoms with Crippen LogP contribution in [0.15, 0.2) is 118 Å². The summed E-state index contributed by atoms with van der Waals surface area (Å²) in [6.07, 6.45) is 1.81. The van der Waals surface area contributed by atoms with Crippen molar-refractivity contribution in [2.24, 2.45) is 0 Å². The van der Waals surface area contributed by atoms with E-state index in [2.05, 4.69) is 122 Å². The van der Waals surface area contributed by atoms with Crippen LogP contribution in [0.1, 0.15) is 0 Å². The first-order valence-corrected chi connectivity index (χ1v) is 12.5. The van der Waals surface area contributed by atoms with Crippen molar-refractivity contribution in [2.45, 2.75) is 0 Å². The fourth-order valence-electron chi connectivity index (χ4n) is 4.32. The zero-order chi connectivity index (χ0) is 23.1. The van der Waals surface area contributed by atoms with E-state index in [1.54, 1.807) is 6.20 Å². The number of benzene rings is 4. The molecule has 4 heteroatoms. The van der Waals surface area contributed by atoms with Crippen LogP contribution in [0, 0.1) is 0 Å². The zero-order valence-corrected chi connectivity index (χ0v) is 21.2. The van der Waals surface area contributed by atoms with Crippen molar-refractivity contribution in [3.8, 4) is 33.8 Å². The molecule has 0 radical (unpaired) electrons. The van der Waals surface area contributed by atoms with Crippen molar-refractivity contribution in [1.29, 1.82) is 0 Å². The molecule has 0 saturated carbocycles. The van der Waals surface area contributed by atoms with Gasteiger partial charge in [-0.1, -0.05) is 74.3 Å². The van der Waals surface area contributed by atoms with E-state index in [0.29, 0.717) is 0 Å². The summed E-state index contributed by atoms with van der Waals surface area (Å²) in [6, 6.07) is 36.0. The lowest BCUT2D eigenvalue weighted by Crippen LogP contribution is -1.94. The number of hydrogen-bond donors (Lipinski definition) is 0. The molecule has 2 nitrogen and oxygen atoms in total. The van der Waals surface area contributed by atoms with Crippen molar-refractivity contribution in [2.75, 3.05) is 0 Å². The molecule has 0 aliphatic heterocycles. The van der Waals surface area contributed by atoms with E-state index in [4.69, 9.17) is 4.98 Å². The fraction of sp³-hybridized carbons (Fsp3) is 0. The molecule has 0 amide bonds. The molecular weight excluding hydrogens is 548 g/mol. The summed E-state index contributed by atoms with van der Waals surface area (Å²) in [5.41, 5.74) is 5.99. The van der Waals surface area contributed by atoms with Crippen molar-refractivity contribution in [3.63, 3.8) is 0 Å². The summed E-state index contributed by atoms with van der Waals surface area (Å²) in [7, 11) is 0. The van der Waals surface area contributed by atoms with Crippen LogP contribution in [-0.2, 0) is 0 Å². The standard InChI is InChI=1S/C30H18Br2N2/c31-25-10-8-19-15-23(6-4-21(19)17-25)27-12-13-29(28-3-1-2-14-33-28)34-30(27)24-7-5-22-18-26(32)11-9-20(22)16-24/h1-18H. The highest BCUT2D eigenvalue weighted by Gasteiger charge is 2.13. The van der Waals surface area contributed by atoms with Gasteiger partial charge in [0.1, 0.15) is 0 Å². The van der Waals surface area contributed by atoms with Gasteiger partial charge < -0.3 is 0 Å². The smallest absolute Gasteiger partial charge is 0.0894 e. The molecule has 4 aromatic carbocycles. The largest absolute Gasteiger partial charge is 0.255 e. The zero-order valence-electron chi connectivity index (χ0n) is 18.0. The van der Waals surface area contributed by atoms with Gasteiger partial charge in [0.15, 0.2) is 0 Å². The number of nitrogens with zero attached hydrogens (tertiary/aromatic N) is 2. The predicted molar refractivity (Wildman–Crippen MR) is 149 cm³/mol. The molecule has 0 unspecified atom stereocenters. The minimum atomic E-state index is 0.861. The molecule has 0 saturated heterocycles. The van der Waals surface area contributed by atoms with Crippen LogP contribution in [-0.4, -0.2) is 9.97 Å². The topological polar surface area (TPSA) is 25.8 Å². The molecule has 0 bridgehead atoms. The van der Waals surface area contributed by atoms with E-state index in [0.717, 1.165) is 42.7 Å². The first-order chi connectivity index (χ1) is 16.6. The third-order valence-electron chi connectivity index (χ3n) is 6.01. The average molecular weight is 566 g/mol. The molecule has 0 aliphatic carbocycles. The summed E-state index contributed by atoms with van der Waals surface area (Å²) in [4.78, 5) is 9.65. The van der Waals surface area contributed by atoms with Gasteiger partial charge in [0.25, 0.3) is 0 Å². The van der Waals surface area contributed by atoms with Crippen LogP contribution < -0.4 is 0 Å². The van der Waals surface area contributed by atoms with Gasteiger partial charge in [-0.15, -0.1) is 0 Å². The highest BCUT2D eigenvalue weighted by molar-refractivity contribution is 9.10. The van der Waals surface area contributed by atoms with Gasteiger partial charge in [-0.05, 0) is 87.8 Å². The number of rotatable bonds is 3. The Morgan fingerprint density at radius 2 is 1.12 bits per heavy atom. The molecule has 0 N–H and O–H groups in total. The van der Waals surface area contributed by atoms with E-state index >= 15 is 0 Å². The lowest BCUT2D eigenvalue weighted by Gasteiger charge is -2.13. The van der Waals surface area contributed by atoms with Gasteiger partial charge >= 0.3 is 0 Å². The maximum Gasteiger partial charge on any atom is 0.0894 e. The average Bonchev–Trinajstić information content (AvgIpc) is 2.88. The van der Waals surface area contributed by atoms with E-state index < -0.39 is 0 Å². The molecule has 6 aromatic rings. The number of aromatic nitrogens is 2. The summed E-state index contributed by atoms with van der Waals surface area (Å²) < 4.78 is 2.16. The van der Waals surface area contributed by atoms with E-state index in [9.17, 15) is 0 Å². The monoisotopic (exact) mass is 564 g/mol. The molecule has 162 valence electrons. The molecule has 2 heterocycles. The maximum atomic E-state index is 5.13. The van der Waals surface area contributed by atoms with Crippen molar-refractivity contribution >= 4 is 53.4 Å². The predicted octanol–water partition coefficient (Wildman–Crippen LogP) is 9.31. The molecule has 0 atom stereocenters. The van der Waals surface area contributed by atoms with E-state index in [1.165, 1.54) is 21.5 Å². The second-order valence-corrected chi connectivity index (χ2v) is 10.1. The summed E-state index contributed by atoms with van der Waals surface area (Å²) in [5.74, 6) is 0. The van der Waals surface area contributed by atoms with Crippen LogP contribution in [0.2, 0.25) is 0 Å². The number of hydrogen-bond acceptors (Lipinski definition) is 2. The maximum absolute atomic E-state index is 5.13. The van der Waals surface area contributed by atoms with E-state index in [-0.39, 0.29) is 0 Å². The Morgan fingerprint density at radius 1 is 0.500 bits per heavy atom. The minimum Gasteiger partial charge on any atom is -0.255 e. The summed E-state index contributed by atoms with van der Waals surface area (Å²) >= 11 is 7.15. The Labute approximate surface area is 214 Å². The quantitative estimate of drug-likeness (QED) is 0.213. The molecule has 0 aliphatic rings. The van der Waals surface area contributed by atoms with Gasteiger partial charge in [-0.25, -0.2) is 4.98 Å². The third kappa shape index (κ3) is 4.04. The van der Waals surface area contributed by atoms with Gasteiger partial charge in [-0.2, -0.15) is 0 Å². The Hall–Kier alpha value is -3.34.